The maximum absolute atomic E-state index is 14.1. The lowest BCUT2D eigenvalue weighted by atomic mass is 10.2. The molecule has 0 aliphatic heterocycles. The van der Waals surface area contributed by atoms with Crippen LogP contribution in [0.5, 0.6) is 0 Å². The Morgan fingerprint density at radius 2 is 1.86 bits per heavy atom. The Kier molecular flexibility index (Phi) is 5.76. The Labute approximate surface area is 128 Å². The fraction of sp³-hybridized carbons (Fsp3) is 0.294. The van der Waals surface area contributed by atoms with Crippen molar-refractivity contribution < 1.29 is 8.78 Å². The number of nitrogens with one attached hydrogen (secondary N) is 1. The van der Waals surface area contributed by atoms with Gasteiger partial charge in [-0.15, -0.1) is 0 Å². The number of rotatable bonds is 6. The van der Waals surface area contributed by atoms with E-state index in [2.05, 4.69) is 19.2 Å². The number of halogens is 2. The second kappa shape index (κ2) is 7.57. The van der Waals surface area contributed by atoms with Crippen LogP contribution in [0.15, 0.2) is 52.3 Å². The van der Waals surface area contributed by atoms with Crippen LogP contribution in [0, 0.1) is 17.6 Å². The second-order valence-electron chi connectivity index (χ2n) is 5.31. The molecule has 2 rings (SSSR count). The molecule has 112 valence electrons. The normalized spacial score (nSPS) is 11.1. The number of hydrogen-bond donors (Lipinski definition) is 1. The van der Waals surface area contributed by atoms with E-state index < -0.39 is 0 Å². The minimum Gasteiger partial charge on any atom is -0.312 e. The first-order valence-electron chi connectivity index (χ1n) is 6.98. The highest BCUT2D eigenvalue weighted by Crippen LogP contribution is 2.33. The van der Waals surface area contributed by atoms with Crippen molar-refractivity contribution in [3.05, 3.63) is 59.7 Å². The Bertz CT molecular complexity index is 599. The van der Waals surface area contributed by atoms with Gasteiger partial charge < -0.3 is 5.32 Å². The van der Waals surface area contributed by atoms with E-state index in [1.165, 1.54) is 30.0 Å². The van der Waals surface area contributed by atoms with E-state index in [9.17, 15) is 8.78 Å². The predicted octanol–water partition coefficient (Wildman–Crippen LogP) is 4.86. The molecule has 0 fully saturated rings. The highest BCUT2D eigenvalue weighted by Gasteiger charge is 2.10. The van der Waals surface area contributed by atoms with Crippen molar-refractivity contribution in [1.29, 1.82) is 0 Å². The van der Waals surface area contributed by atoms with Crippen LogP contribution in [0.4, 0.5) is 8.78 Å². The molecule has 0 aliphatic carbocycles. The average molecular weight is 307 g/mol. The molecule has 21 heavy (non-hydrogen) atoms. The highest BCUT2D eigenvalue weighted by atomic mass is 32.2. The first-order valence-corrected chi connectivity index (χ1v) is 7.79. The molecular weight excluding hydrogens is 288 g/mol. The summed E-state index contributed by atoms with van der Waals surface area (Å²) in [5.41, 5.74) is 0.893. The van der Waals surface area contributed by atoms with Crippen LogP contribution in [-0.2, 0) is 6.54 Å². The molecule has 0 aromatic heterocycles. The van der Waals surface area contributed by atoms with Gasteiger partial charge in [0.15, 0.2) is 0 Å². The van der Waals surface area contributed by atoms with E-state index in [1.807, 2.05) is 6.07 Å². The molecule has 1 N–H and O–H groups in total. The molecule has 0 atom stereocenters. The third-order valence-electron chi connectivity index (χ3n) is 2.93. The Morgan fingerprint density at radius 1 is 1.10 bits per heavy atom. The van der Waals surface area contributed by atoms with Crippen molar-refractivity contribution in [2.75, 3.05) is 6.54 Å². The molecule has 2 aromatic carbocycles. The zero-order chi connectivity index (χ0) is 15.2. The summed E-state index contributed by atoms with van der Waals surface area (Å²) in [6.07, 6.45) is 0. The van der Waals surface area contributed by atoms with Crippen LogP contribution in [0.25, 0.3) is 0 Å². The Morgan fingerprint density at radius 3 is 2.57 bits per heavy atom. The van der Waals surface area contributed by atoms with Crippen LogP contribution >= 0.6 is 11.8 Å². The fourth-order valence-corrected chi connectivity index (χ4v) is 2.94. The van der Waals surface area contributed by atoms with Gasteiger partial charge in [-0.3, -0.25) is 0 Å². The molecular formula is C17H19F2NS. The third-order valence-corrected chi connectivity index (χ3v) is 4.08. The first-order chi connectivity index (χ1) is 10.1. The van der Waals surface area contributed by atoms with Gasteiger partial charge in [0.25, 0.3) is 0 Å². The van der Waals surface area contributed by atoms with E-state index in [-0.39, 0.29) is 11.6 Å². The zero-order valence-corrected chi connectivity index (χ0v) is 13.0. The van der Waals surface area contributed by atoms with Gasteiger partial charge in [-0.25, -0.2) is 8.78 Å². The summed E-state index contributed by atoms with van der Waals surface area (Å²) in [7, 11) is 0. The van der Waals surface area contributed by atoms with Crippen molar-refractivity contribution in [2.45, 2.75) is 30.2 Å². The minimum atomic E-state index is -0.309. The standard InChI is InChI=1S/C17H19F2NS/c1-12(2)10-20-11-13-5-3-8-16(19)17(13)21-15-7-4-6-14(18)9-15/h3-9,12,20H,10-11H2,1-2H3. The molecule has 2 aromatic rings. The van der Waals surface area contributed by atoms with E-state index in [0.29, 0.717) is 22.3 Å². The molecule has 0 aliphatic rings. The van der Waals surface area contributed by atoms with Gasteiger partial charge in [-0.2, -0.15) is 0 Å². The van der Waals surface area contributed by atoms with Crippen LogP contribution in [0.3, 0.4) is 0 Å². The van der Waals surface area contributed by atoms with Crippen molar-refractivity contribution in [3.8, 4) is 0 Å². The zero-order valence-electron chi connectivity index (χ0n) is 12.2. The summed E-state index contributed by atoms with van der Waals surface area (Å²) in [4.78, 5) is 1.25. The third kappa shape index (κ3) is 4.83. The van der Waals surface area contributed by atoms with Gasteiger partial charge in [-0.1, -0.05) is 43.8 Å². The molecule has 0 saturated carbocycles. The maximum Gasteiger partial charge on any atom is 0.137 e. The fourth-order valence-electron chi connectivity index (χ4n) is 1.95. The van der Waals surface area contributed by atoms with E-state index in [0.717, 1.165) is 12.1 Å². The predicted molar refractivity (Wildman–Crippen MR) is 83.5 cm³/mol. The summed E-state index contributed by atoms with van der Waals surface area (Å²) >= 11 is 1.26. The van der Waals surface area contributed by atoms with E-state index >= 15 is 0 Å². The molecule has 0 spiro atoms. The highest BCUT2D eigenvalue weighted by molar-refractivity contribution is 7.99. The van der Waals surface area contributed by atoms with Gasteiger partial charge in [0.2, 0.25) is 0 Å². The molecule has 0 bridgehead atoms. The molecule has 4 heteroatoms. The maximum atomic E-state index is 14.1. The monoisotopic (exact) mass is 307 g/mol. The molecule has 0 heterocycles. The topological polar surface area (TPSA) is 12.0 Å². The quantitative estimate of drug-likeness (QED) is 0.818. The largest absolute Gasteiger partial charge is 0.312 e. The van der Waals surface area contributed by atoms with Crippen LogP contribution < -0.4 is 5.32 Å². The summed E-state index contributed by atoms with van der Waals surface area (Å²) < 4.78 is 27.3. The van der Waals surface area contributed by atoms with E-state index in [4.69, 9.17) is 0 Å². The SMILES string of the molecule is CC(C)CNCc1cccc(F)c1Sc1cccc(F)c1. The van der Waals surface area contributed by atoms with Crippen molar-refractivity contribution >= 4 is 11.8 Å². The average Bonchev–Trinajstić information content (AvgIpc) is 2.42. The minimum absolute atomic E-state index is 0.270. The lowest BCUT2D eigenvalue weighted by molar-refractivity contribution is 0.543. The Balaban J connectivity index is 2.17. The molecule has 0 saturated heterocycles. The van der Waals surface area contributed by atoms with E-state index in [1.54, 1.807) is 18.2 Å². The summed E-state index contributed by atoms with van der Waals surface area (Å²) in [5.74, 6) is -0.0400. The first kappa shape index (κ1) is 16.0. The van der Waals surface area contributed by atoms with Crippen molar-refractivity contribution in [3.63, 3.8) is 0 Å². The smallest absolute Gasteiger partial charge is 0.137 e. The summed E-state index contributed by atoms with van der Waals surface area (Å²) in [6, 6.07) is 11.3. The lowest BCUT2D eigenvalue weighted by Gasteiger charge is -2.12. The lowest BCUT2D eigenvalue weighted by Crippen LogP contribution is -2.19. The van der Waals surface area contributed by atoms with Gasteiger partial charge in [-0.05, 0) is 42.3 Å². The van der Waals surface area contributed by atoms with Crippen LogP contribution in [0.2, 0.25) is 0 Å². The molecule has 1 nitrogen and oxygen atoms in total. The number of hydrogen-bond acceptors (Lipinski definition) is 2. The second-order valence-corrected chi connectivity index (χ2v) is 6.40. The number of benzene rings is 2. The van der Waals surface area contributed by atoms with Crippen LogP contribution in [0.1, 0.15) is 19.4 Å². The Hall–Kier alpha value is -1.39. The van der Waals surface area contributed by atoms with Gasteiger partial charge in [0, 0.05) is 11.4 Å². The van der Waals surface area contributed by atoms with Gasteiger partial charge in [0.05, 0.1) is 4.90 Å². The summed E-state index contributed by atoms with van der Waals surface area (Å²) in [5, 5.41) is 3.31. The van der Waals surface area contributed by atoms with Crippen LogP contribution in [-0.4, -0.2) is 6.54 Å². The van der Waals surface area contributed by atoms with Gasteiger partial charge >= 0.3 is 0 Å². The molecule has 0 unspecified atom stereocenters. The van der Waals surface area contributed by atoms with Crippen molar-refractivity contribution in [1.82, 2.24) is 5.32 Å². The molecule has 0 radical (unpaired) electrons. The summed E-state index contributed by atoms with van der Waals surface area (Å²) in [6.45, 7) is 5.73. The molecule has 0 amide bonds. The van der Waals surface area contributed by atoms with Crippen molar-refractivity contribution in [2.24, 2.45) is 5.92 Å². The van der Waals surface area contributed by atoms with Gasteiger partial charge in [0.1, 0.15) is 11.6 Å².